The molecule has 2 amide bonds. The molecule has 2 aromatic carbocycles. The molecule has 3 N–H and O–H groups in total. The molecule has 3 aromatic rings. The van der Waals surface area contributed by atoms with E-state index in [1.807, 2.05) is 0 Å². The summed E-state index contributed by atoms with van der Waals surface area (Å²) in [5.74, 6) is -2.78. The first-order valence-corrected chi connectivity index (χ1v) is 10.8. The Bertz CT molecular complexity index is 1260. The van der Waals surface area contributed by atoms with Crippen LogP contribution in [0, 0.1) is 12.7 Å². The van der Waals surface area contributed by atoms with Gasteiger partial charge in [-0.2, -0.15) is 13.2 Å². The third kappa shape index (κ3) is 6.70. The van der Waals surface area contributed by atoms with Gasteiger partial charge in [-0.1, -0.05) is 23.7 Å². The third-order valence-electron chi connectivity index (χ3n) is 4.86. The largest absolute Gasteiger partial charge is 0.482 e. The first-order valence-electron chi connectivity index (χ1n) is 10.4. The molecule has 0 bridgehead atoms. The number of amides is 2. The predicted octanol–water partition coefficient (Wildman–Crippen LogP) is 4.77. The molecule has 0 aliphatic rings. The first-order chi connectivity index (χ1) is 17.0. The molecular weight excluding hydrogens is 506 g/mol. The van der Waals surface area contributed by atoms with Crippen LogP contribution in [0.2, 0.25) is 5.02 Å². The lowest BCUT2D eigenvalue weighted by Gasteiger charge is -2.17. The fourth-order valence-electron chi connectivity index (χ4n) is 3.19. The molecule has 0 spiro atoms. The fraction of sp³-hybridized carbons (Fsp3) is 0.208. The standard InChI is InChI=1S/C24H20ClF4N3O4/c1-13-11-31-19(22(34)30-7-8-33)10-15(13)14-5-6-18(20(9-14)36-12-24(27,28)29)32-23(35)21-16(25)3-2-4-17(21)26/h2-6,9-11,33H,7-8,12H2,1H3,(H,30,34)(H,32,35). The van der Waals surface area contributed by atoms with E-state index in [9.17, 15) is 27.2 Å². The van der Waals surface area contributed by atoms with Gasteiger partial charge in [-0.3, -0.25) is 14.6 Å². The molecular formula is C24H20ClF4N3O4. The number of hydrogen-bond acceptors (Lipinski definition) is 5. The second-order valence-electron chi connectivity index (χ2n) is 7.53. The number of aliphatic hydroxyl groups is 1. The summed E-state index contributed by atoms with van der Waals surface area (Å²) in [6.45, 7) is -0.219. The highest BCUT2D eigenvalue weighted by Gasteiger charge is 2.29. The van der Waals surface area contributed by atoms with E-state index in [2.05, 4.69) is 15.6 Å². The number of alkyl halides is 3. The Kier molecular flexibility index (Phi) is 8.49. The third-order valence-corrected chi connectivity index (χ3v) is 5.17. The Morgan fingerprint density at radius 2 is 1.89 bits per heavy atom. The van der Waals surface area contributed by atoms with Crippen molar-refractivity contribution in [3.05, 3.63) is 76.3 Å². The molecule has 0 unspecified atom stereocenters. The van der Waals surface area contributed by atoms with E-state index in [4.69, 9.17) is 21.4 Å². The molecule has 7 nitrogen and oxygen atoms in total. The van der Waals surface area contributed by atoms with Crippen LogP contribution < -0.4 is 15.4 Å². The van der Waals surface area contributed by atoms with E-state index >= 15 is 0 Å². The van der Waals surface area contributed by atoms with Crippen LogP contribution in [0.1, 0.15) is 26.4 Å². The van der Waals surface area contributed by atoms with Gasteiger partial charge in [0.15, 0.2) is 6.61 Å². The van der Waals surface area contributed by atoms with Gasteiger partial charge in [0.1, 0.15) is 17.3 Å². The van der Waals surface area contributed by atoms with Gasteiger partial charge < -0.3 is 20.5 Å². The lowest BCUT2D eigenvalue weighted by atomic mass is 10.0. The number of aliphatic hydroxyl groups excluding tert-OH is 1. The molecule has 0 fully saturated rings. The topological polar surface area (TPSA) is 101 Å². The Morgan fingerprint density at radius 1 is 1.14 bits per heavy atom. The fourth-order valence-corrected chi connectivity index (χ4v) is 3.44. The van der Waals surface area contributed by atoms with Crippen molar-refractivity contribution in [3.8, 4) is 16.9 Å². The van der Waals surface area contributed by atoms with Crippen molar-refractivity contribution in [2.24, 2.45) is 0 Å². The molecule has 0 saturated heterocycles. The SMILES string of the molecule is Cc1cnc(C(=O)NCCO)cc1-c1ccc(NC(=O)c2c(F)cccc2Cl)c(OCC(F)(F)F)c1. The van der Waals surface area contributed by atoms with Gasteiger partial charge in [0.05, 0.1) is 22.9 Å². The minimum atomic E-state index is -4.67. The van der Waals surface area contributed by atoms with Crippen molar-refractivity contribution >= 4 is 29.1 Å². The maximum atomic E-state index is 14.1. The van der Waals surface area contributed by atoms with Crippen molar-refractivity contribution < 1.29 is 37.0 Å². The highest BCUT2D eigenvalue weighted by molar-refractivity contribution is 6.34. The number of benzene rings is 2. The summed E-state index contributed by atoms with van der Waals surface area (Å²) >= 11 is 5.91. The van der Waals surface area contributed by atoms with Crippen LogP contribution in [0.3, 0.4) is 0 Å². The summed E-state index contributed by atoms with van der Waals surface area (Å²) in [4.78, 5) is 28.9. The van der Waals surface area contributed by atoms with Crippen LogP contribution in [0.5, 0.6) is 5.75 Å². The van der Waals surface area contributed by atoms with E-state index in [0.717, 1.165) is 6.07 Å². The quantitative estimate of drug-likeness (QED) is 0.368. The number of aryl methyl sites for hydroxylation is 1. The number of rotatable bonds is 8. The summed E-state index contributed by atoms with van der Waals surface area (Å²) in [6.07, 6.45) is -3.26. The maximum absolute atomic E-state index is 14.1. The monoisotopic (exact) mass is 525 g/mol. The van der Waals surface area contributed by atoms with Gasteiger partial charge in [-0.25, -0.2) is 4.39 Å². The smallest absolute Gasteiger partial charge is 0.422 e. The Hall–Kier alpha value is -3.70. The van der Waals surface area contributed by atoms with Crippen LogP contribution >= 0.6 is 11.6 Å². The molecule has 0 aliphatic heterocycles. The number of halogens is 5. The van der Waals surface area contributed by atoms with E-state index in [-0.39, 0.29) is 35.3 Å². The molecule has 36 heavy (non-hydrogen) atoms. The van der Waals surface area contributed by atoms with Crippen molar-refractivity contribution in [1.82, 2.24) is 10.3 Å². The van der Waals surface area contributed by atoms with Crippen molar-refractivity contribution in [3.63, 3.8) is 0 Å². The van der Waals surface area contributed by atoms with Crippen molar-refractivity contribution in [2.75, 3.05) is 25.1 Å². The number of aromatic nitrogens is 1. The summed E-state index contributed by atoms with van der Waals surface area (Å²) in [6, 6.07) is 9.08. The molecule has 12 heteroatoms. The number of carbonyl (C=O) groups is 2. The minimum absolute atomic E-state index is 0.0135. The van der Waals surface area contributed by atoms with Crippen LogP contribution in [0.15, 0.2) is 48.7 Å². The van der Waals surface area contributed by atoms with E-state index < -0.39 is 36.0 Å². The van der Waals surface area contributed by atoms with Crippen LogP contribution in [0.25, 0.3) is 11.1 Å². The Balaban J connectivity index is 2.00. The van der Waals surface area contributed by atoms with Gasteiger partial charge in [0.25, 0.3) is 11.8 Å². The lowest BCUT2D eigenvalue weighted by molar-refractivity contribution is -0.153. The summed E-state index contributed by atoms with van der Waals surface area (Å²) in [7, 11) is 0. The average Bonchev–Trinajstić information content (AvgIpc) is 2.81. The Labute approximate surface area is 208 Å². The number of anilines is 1. The second kappa shape index (κ2) is 11.4. The number of pyridine rings is 1. The summed E-state index contributed by atoms with van der Waals surface area (Å²) in [5.41, 5.74) is 0.823. The van der Waals surface area contributed by atoms with Gasteiger partial charge in [0.2, 0.25) is 0 Å². The maximum Gasteiger partial charge on any atom is 0.422 e. The normalized spacial score (nSPS) is 11.2. The van der Waals surface area contributed by atoms with E-state index in [0.29, 0.717) is 16.7 Å². The molecule has 0 aliphatic carbocycles. The van der Waals surface area contributed by atoms with Crippen LogP contribution in [-0.4, -0.2) is 47.8 Å². The summed E-state index contributed by atoms with van der Waals surface area (Å²) < 4.78 is 57.7. The van der Waals surface area contributed by atoms with Gasteiger partial charge >= 0.3 is 6.18 Å². The number of hydrogen-bond donors (Lipinski definition) is 3. The lowest BCUT2D eigenvalue weighted by Crippen LogP contribution is -2.27. The number of ether oxygens (including phenoxy) is 1. The molecule has 0 atom stereocenters. The van der Waals surface area contributed by atoms with Crippen LogP contribution in [-0.2, 0) is 0 Å². The highest BCUT2D eigenvalue weighted by Crippen LogP contribution is 2.34. The molecule has 190 valence electrons. The number of nitrogens with zero attached hydrogens (tertiary/aromatic N) is 1. The first kappa shape index (κ1) is 26.9. The number of nitrogens with one attached hydrogen (secondary N) is 2. The zero-order valence-electron chi connectivity index (χ0n) is 18.7. The zero-order chi connectivity index (χ0) is 26.5. The highest BCUT2D eigenvalue weighted by atomic mass is 35.5. The van der Waals surface area contributed by atoms with Crippen molar-refractivity contribution in [2.45, 2.75) is 13.1 Å². The predicted molar refractivity (Wildman–Crippen MR) is 125 cm³/mol. The van der Waals surface area contributed by atoms with E-state index in [1.54, 1.807) is 6.92 Å². The molecule has 0 saturated carbocycles. The average molecular weight is 526 g/mol. The molecule has 1 heterocycles. The number of carbonyl (C=O) groups excluding carboxylic acids is 2. The summed E-state index contributed by atoms with van der Waals surface area (Å²) in [5, 5.41) is 13.5. The molecule has 0 radical (unpaired) electrons. The zero-order valence-corrected chi connectivity index (χ0v) is 19.5. The minimum Gasteiger partial charge on any atom is -0.482 e. The van der Waals surface area contributed by atoms with Crippen molar-refractivity contribution in [1.29, 1.82) is 0 Å². The van der Waals surface area contributed by atoms with Gasteiger partial charge in [-0.05, 0) is 53.9 Å². The molecule has 3 rings (SSSR count). The van der Waals surface area contributed by atoms with Gasteiger partial charge in [-0.15, -0.1) is 0 Å². The van der Waals surface area contributed by atoms with Crippen LogP contribution in [0.4, 0.5) is 23.2 Å². The Morgan fingerprint density at radius 3 is 2.56 bits per heavy atom. The van der Waals surface area contributed by atoms with Gasteiger partial charge in [0, 0.05) is 12.7 Å². The van der Waals surface area contributed by atoms with E-state index in [1.165, 1.54) is 42.6 Å². The molecule has 1 aromatic heterocycles. The second-order valence-corrected chi connectivity index (χ2v) is 7.94.